The van der Waals surface area contributed by atoms with Gasteiger partial charge in [0.2, 0.25) is 5.91 Å². The Morgan fingerprint density at radius 1 is 0.966 bits per heavy atom. The Morgan fingerprint density at radius 3 is 2.14 bits per heavy atom. The lowest BCUT2D eigenvalue weighted by molar-refractivity contribution is -0.122. The number of rotatable bonds is 6. The molecule has 154 valence electrons. The largest absolute Gasteiger partial charge is 0.353 e. The van der Waals surface area contributed by atoms with E-state index < -0.39 is 0 Å². The van der Waals surface area contributed by atoms with E-state index in [0.717, 1.165) is 12.8 Å². The van der Waals surface area contributed by atoms with Crippen LogP contribution in [0, 0.1) is 5.92 Å². The molecular formula is C26H33NOS. The molecule has 2 nitrogen and oxygen atoms in total. The van der Waals surface area contributed by atoms with Crippen molar-refractivity contribution < 1.29 is 4.79 Å². The number of carbonyl (C=O) groups excluding carboxylic acids is 1. The van der Waals surface area contributed by atoms with Crippen molar-refractivity contribution in [3.8, 4) is 0 Å². The van der Waals surface area contributed by atoms with Gasteiger partial charge in [-0.25, -0.2) is 0 Å². The van der Waals surface area contributed by atoms with Crippen LogP contribution in [-0.4, -0.2) is 11.9 Å². The highest BCUT2D eigenvalue weighted by Gasteiger charge is 2.39. The van der Waals surface area contributed by atoms with E-state index in [2.05, 4.69) is 74.6 Å². The van der Waals surface area contributed by atoms with Gasteiger partial charge in [0.15, 0.2) is 0 Å². The topological polar surface area (TPSA) is 29.1 Å². The summed E-state index contributed by atoms with van der Waals surface area (Å²) in [5, 5.41) is 3.26. The quantitative estimate of drug-likeness (QED) is 0.578. The van der Waals surface area contributed by atoms with Crippen LogP contribution in [0.2, 0.25) is 0 Å². The molecule has 0 radical (unpaired) electrons. The summed E-state index contributed by atoms with van der Waals surface area (Å²) < 4.78 is 0. The van der Waals surface area contributed by atoms with E-state index in [1.165, 1.54) is 46.6 Å². The van der Waals surface area contributed by atoms with Crippen molar-refractivity contribution in [2.24, 2.45) is 5.92 Å². The average molecular weight is 408 g/mol. The lowest BCUT2D eigenvalue weighted by Gasteiger charge is -2.19. The SMILES string of the molecule is CC(C)(C)c1ccc(Sc2ccc(C3CC3NC(=O)CC3CCCC3)cc2)cc1. The molecule has 2 unspecified atom stereocenters. The molecular weight excluding hydrogens is 374 g/mol. The number of hydrogen-bond donors (Lipinski definition) is 1. The van der Waals surface area contributed by atoms with Crippen LogP contribution in [0.4, 0.5) is 0 Å². The number of nitrogens with one attached hydrogen (secondary N) is 1. The van der Waals surface area contributed by atoms with Crippen LogP contribution in [-0.2, 0) is 10.2 Å². The van der Waals surface area contributed by atoms with Crippen LogP contribution in [0.1, 0.15) is 76.3 Å². The Morgan fingerprint density at radius 2 is 1.55 bits per heavy atom. The molecule has 2 aliphatic rings. The van der Waals surface area contributed by atoms with E-state index in [9.17, 15) is 4.79 Å². The zero-order chi connectivity index (χ0) is 20.4. The molecule has 2 fully saturated rings. The summed E-state index contributed by atoms with van der Waals surface area (Å²) >= 11 is 1.81. The van der Waals surface area contributed by atoms with E-state index in [-0.39, 0.29) is 11.3 Å². The van der Waals surface area contributed by atoms with Crippen molar-refractivity contribution in [3.63, 3.8) is 0 Å². The molecule has 1 amide bonds. The van der Waals surface area contributed by atoms with Crippen LogP contribution < -0.4 is 5.32 Å². The maximum Gasteiger partial charge on any atom is 0.220 e. The van der Waals surface area contributed by atoms with Gasteiger partial charge in [-0.05, 0) is 66.0 Å². The molecule has 0 saturated heterocycles. The van der Waals surface area contributed by atoms with Gasteiger partial charge in [0.05, 0.1) is 0 Å². The Balaban J connectivity index is 1.28. The summed E-state index contributed by atoms with van der Waals surface area (Å²) in [6.45, 7) is 6.74. The molecule has 29 heavy (non-hydrogen) atoms. The minimum atomic E-state index is 0.193. The summed E-state index contributed by atoms with van der Waals surface area (Å²) in [5.74, 6) is 1.38. The fourth-order valence-electron chi connectivity index (χ4n) is 4.41. The third kappa shape index (κ3) is 5.45. The fourth-order valence-corrected chi connectivity index (χ4v) is 5.22. The Labute approximate surface area is 179 Å². The first-order valence-electron chi connectivity index (χ1n) is 11.1. The van der Waals surface area contributed by atoms with Crippen LogP contribution in [0.15, 0.2) is 58.3 Å². The molecule has 2 atom stereocenters. The smallest absolute Gasteiger partial charge is 0.220 e. The predicted octanol–water partition coefficient (Wildman–Crippen LogP) is 6.69. The number of amides is 1. The lowest BCUT2D eigenvalue weighted by atomic mass is 9.87. The minimum absolute atomic E-state index is 0.193. The minimum Gasteiger partial charge on any atom is -0.353 e. The summed E-state index contributed by atoms with van der Waals surface area (Å²) in [4.78, 5) is 14.8. The van der Waals surface area contributed by atoms with Crippen molar-refractivity contribution >= 4 is 17.7 Å². The maximum absolute atomic E-state index is 12.3. The van der Waals surface area contributed by atoms with Crippen molar-refractivity contribution in [2.75, 3.05) is 0 Å². The number of carbonyl (C=O) groups is 1. The number of hydrogen-bond acceptors (Lipinski definition) is 2. The molecule has 2 saturated carbocycles. The van der Waals surface area contributed by atoms with Crippen LogP contribution in [0.25, 0.3) is 0 Å². The second-order valence-electron chi connectivity index (χ2n) is 9.82. The molecule has 0 heterocycles. The molecule has 0 aliphatic heterocycles. The van der Waals surface area contributed by atoms with E-state index in [1.54, 1.807) is 0 Å². The summed E-state index contributed by atoms with van der Waals surface area (Å²) in [7, 11) is 0. The van der Waals surface area contributed by atoms with Crippen molar-refractivity contribution in [1.29, 1.82) is 0 Å². The lowest BCUT2D eigenvalue weighted by Crippen LogP contribution is -2.27. The van der Waals surface area contributed by atoms with Crippen molar-refractivity contribution in [2.45, 2.75) is 86.5 Å². The zero-order valence-corrected chi connectivity index (χ0v) is 18.7. The van der Waals surface area contributed by atoms with E-state index in [4.69, 9.17) is 0 Å². The highest BCUT2D eigenvalue weighted by molar-refractivity contribution is 7.99. The van der Waals surface area contributed by atoms with Gasteiger partial charge in [-0.2, -0.15) is 0 Å². The zero-order valence-electron chi connectivity index (χ0n) is 17.9. The summed E-state index contributed by atoms with van der Waals surface area (Å²) in [5.41, 5.74) is 2.91. The first-order chi connectivity index (χ1) is 13.9. The van der Waals surface area contributed by atoms with Gasteiger partial charge in [0.1, 0.15) is 0 Å². The van der Waals surface area contributed by atoms with Crippen LogP contribution >= 0.6 is 11.8 Å². The van der Waals surface area contributed by atoms with Gasteiger partial charge in [-0.1, -0.05) is 69.6 Å². The molecule has 2 aromatic carbocycles. The Hall–Kier alpha value is -1.74. The molecule has 3 heteroatoms. The van der Waals surface area contributed by atoms with Gasteiger partial charge >= 0.3 is 0 Å². The monoisotopic (exact) mass is 407 g/mol. The van der Waals surface area contributed by atoms with Gasteiger partial charge in [-0.15, -0.1) is 0 Å². The molecule has 2 aliphatic carbocycles. The highest BCUT2D eigenvalue weighted by Crippen LogP contribution is 2.42. The molecule has 2 aromatic rings. The summed E-state index contributed by atoms with van der Waals surface area (Å²) in [6, 6.07) is 18.2. The second-order valence-corrected chi connectivity index (χ2v) is 11.0. The van der Waals surface area contributed by atoms with Gasteiger partial charge < -0.3 is 5.32 Å². The fraction of sp³-hybridized carbons (Fsp3) is 0.500. The van der Waals surface area contributed by atoms with Crippen molar-refractivity contribution in [3.05, 3.63) is 59.7 Å². The summed E-state index contributed by atoms with van der Waals surface area (Å²) in [6.07, 6.45) is 6.88. The van der Waals surface area contributed by atoms with Crippen LogP contribution in [0.5, 0.6) is 0 Å². The standard InChI is InChI=1S/C26H33NOS/c1-26(2,3)20-10-14-22(15-11-20)29-21-12-8-19(9-13-21)23-17-24(23)27-25(28)16-18-6-4-5-7-18/h8-15,18,23-24H,4-7,16-17H2,1-3H3,(H,27,28). The van der Waals surface area contributed by atoms with E-state index >= 15 is 0 Å². The molecule has 4 rings (SSSR count). The van der Waals surface area contributed by atoms with Gasteiger partial charge in [0, 0.05) is 28.2 Å². The maximum atomic E-state index is 12.3. The Kier molecular flexibility index (Phi) is 6.06. The first-order valence-corrected chi connectivity index (χ1v) is 11.9. The van der Waals surface area contributed by atoms with E-state index in [1.807, 2.05) is 11.8 Å². The van der Waals surface area contributed by atoms with E-state index in [0.29, 0.717) is 17.9 Å². The third-order valence-corrected chi connectivity index (χ3v) is 7.37. The molecule has 1 N–H and O–H groups in total. The molecule has 0 spiro atoms. The molecule has 0 bridgehead atoms. The number of benzene rings is 2. The first kappa shape index (κ1) is 20.5. The highest BCUT2D eigenvalue weighted by atomic mass is 32.2. The Bertz CT molecular complexity index is 829. The van der Waals surface area contributed by atoms with Crippen molar-refractivity contribution in [1.82, 2.24) is 5.32 Å². The average Bonchev–Trinajstić information content (AvgIpc) is 3.24. The normalized spacial score (nSPS) is 21.9. The molecule has 0 aromatic heterocycles. The third-order valence-electron chi connectivity index (χ3n) is 6.35. The van der Waals surface area contributed by atoms with Gasteiger partial charge in [-0.3, -0.25) is 4.79 Å². The second kappa shape index (κ2) is 8.55. The van der Waals surface area contributed by atoms with Crippen LogP contribution in [0.3, 0.4) is 0 Å². The predicted molar refractivity (Wildman–Crippen MR) is 122 cm³/mol. The van der Waals surface area contributed by atoms with Gasteiger partial charge in [0.25, 0.3) is 0 Å².